The second kappa shape index (κ2) is 9.53. The fourth-order valence-electron chi connectivity index (χ4n) is 2.00. The fourth-order valence-corrected chi connectivity index (χ4v) is 3.88. The number of nitrogens with zero attached hydrogens (tertiary/aromatic N) is 1. The van der Waals surface area contributed by atoms with E-state index in [9.17, 15) is 8.42 Å². The van der Waals surface area contributed by atoms with Crippen LogP contribution in [0.25, 0.3) is 11.3 Å². The lowest BCUT2D eigenvalue weighted by Crippen LogP contribution is -1.97. The second-order valence-electron chi connectivity index (χ2n) is 5.18. The summed E-state index contributed by atoms with van der Waals surface area (Å²) in [6, 6.07) is 13.9. The third kappa shape index (κ3) is 6.10. The Balaban J connectivity index is 0.000000190. The van der Waals surface area contributed by atoms with E-state index in [0.29, 0.717) is 0 Å². The molecule has 1 heterocycles. The van der Waals surface area contributed by atoms with Crippen LogP contribution in [-0.2, 0) is 16.5 Å². The Morgan fingerprint density at radius 1 is 1.12 bits per heavy atom. The summed E-state index contributed by atoms with van der Waals surface area (Å²) < 4.78 is 30.9. The quantitative estimate of drug-likeness (QED) is 0.428. The van der Waals surface area contributed by atoms with E-state index in [0.717, 1.165) is 32.6 Å². The molecule has 3 aromatic rings. The van der Waals surface area contributed by atoms with Gasteiger partial charge in [-0.2, -0.15) is 8.42 Å². The van der Waals surface area contributed by atoms with Crippen LogP contribution in [0, 0.1) is 0 Å². The lowest BCUT2D eigenvalue weighted by atomic mass is 10.2. The molecule has 0 aliphatic rings. The molecule has 1 aromatic heterocycles. The predicted molar refractivity (Wildman–Crippen MR) is 110 cm³/mol. The number of thioether (sulfide) groups is 1. The number of aryl methyl sites for hydroxylation is 1. The molecule has 138 valence electrons. The third-order valence-electron chi connectivity index (χ3n) is 3.43. The van der Waals surface area contributed by atoms with Crippen molar-refractivity contribution in [3.05, 3.63) is 64.5 Å². The van der Waals surface area contributed by atoms with E-state index in [1.807, 2.05) is 37.4 Å². The zero-order valence-corrected chi connectivity index (χ0v) is 17.4. The molecule has 0 fully saturated rings. The van der Waals surface area contributed by atoms with Gasteiger partial charge in [-0.3, -0.25) is 4.55 Å². The zero-order valence-electron chi connectivity index (χ0n) is 14.2. The first-order valence-electron chi connectivity index (χ1n) is 7.65. The lowest BCUT2D eigenvalue weighted by Gasteiger charge is -1.97. The zero-order chi connectivity index (χ0) is 19.2. The monoisotopic (exact) mass is 427 g/mol. The summed E-state index contributed by atoms with van der Waals surface area (Å²) in [4.78, 5) is 4.41. The topological polar surface area (TPSA) is 67.3 Å². The van der Waals surface area contributed by atoms with Crippen molar-refractivity contribution in [2.75, 3.05) is 6.26 Å². The van der Waals surface area contributed by atoms with Crippen molar-refractivity contribution in [1.29, 1.82) is 0 Å². The Bertz CT molecular complexity index is 937. The van der Waals surface area contributed by atoms with E-state index >= 15 is 0 Å². The van der Waals surface area contributed by atoms with Crippen LogP contribution in [0.1, 0.15) is 12.5 Å². The second-order valence-corrected chi connectivity index (χ2v) is 8.95. The molecule has 0 spiro atoms. The number of aromatic nitrogens is 1. The minimum absolute atomic E-state index is 0.0558. The SMILES string of the molecule is CCc1ccc(S(=O)(=O)O)cc1.CSc1nc(-c2ccc(Cl)cc2)cs1. The number of rotatable bonds is 4. The smallest absolute Gasteiger partial charge is 0.282 e. The summed E-state index contributed by atoms with van der Waals surface area (Å²) in [5.74, 6) is 0. The minimum atomic E-state index is -4.03. The van der Waals surface area contributed by atoms with Gasteiger partial charge in [-0.25, -0.2) is 4.98 Å². The van der Waals surface area contributed by atoms with Crippen molar-refractivity contribution >= 4 is 44.8 Å². The van der Waals surface area contributed by atoms with Gasteiger partial charge in [-0.15, -0.1) is 11.3 Å². The lowest BCUT2D eigenvalue weighted by molar-refractivity contribution is 0.483. The molecule has 0 saturated carbocycles. The highest BCUT2D eigenvalue weighted by molar-refractivity contribution is 8.00. The van der Waals surface area contributed by atoms with Crippen molar-refractivity contribution in [1.82, 2.24) is 4.98 Å². The van der Waals surface area contributed by atoms with E-state index in [2.05, 4.69) is 10.4 Å². The first kappa shape index (κ1) is 20.9. The van der Waals surface area contributed by atoms with Gasteiger partial charge in [0.25, 0.3) is 10.1 Å². The Kier molecular flexibility index (Phi) is 7.67. The van der Waals surface area contributed by atoms with Crippen LogP contribution in [0.5, 0.6) is 0 Å². The average Bonchev–Trinajstić information content (AvgIpc) is 3.11. The van der Waals surface area contributed by atoms with Gasteiger partial charge < -0.3 is 0 Å². The van der Waals surface area contributed by atoms with Gasteiger partial charge in [0.1, 0.15) is 4.34 Å². The molecule has 1 N–H and O–H groups in total. The highest BCUT2D eigenvalue weighted by Gasteiger charge is 2.07. The predicted octanol–water partition coefficient (Wildman–Crippen LogP) is 5.68. The summed E-state index contributed by atoms with van der Waals surface area (Å²) in [5.41, 5.74) is 3.18. The molecule has 0 atom stereocenters. The maximum atomic E-state index is 10.6. The van der Waals surface area contributed by atoms with Gasteiger partial charge in [0, 0.05) is 16.0 Å². The number of benzene rings is 2. The third-order valence-corrected chi connectivity index (χ3v) is 6.41. The summed E-state index contributed by atoms with van der Waals surface area (Å²) in [5, 5.41) is 2.82. The van der Waals surface area contributed by atoms with Gasteiger partial charge in [0.05, 0.1) is 10.6 Å². The van der Waals surface area contributed by atoms with E-state index in [-0.39, 0.29) is 4.90 Å². The van der Waals surface area contributed by atoms with Crippen LogP contribution in [-0.4, -0.2) is 24.2 Å². The van der Waals surface area contributed by atoms with Crippen molar-refractivity contribution in [3.8, 4) is 11.3 Å². The van der Waals surface area contributed by atoms with Crippen LogP contribution in [0.15, 0.2) is 63.1 Å². The summed E-state index contributed by atoms with van der Waals surface area (Å²) in [7, 11) is -4.03. The molecule has 8 heteroatoms. The molecule has 0 saturated heterocycles. The van der Waals surface area contributed by atoms with Crippen LogP contribution >= 0.6 is 34.7 Å². The van der Waals surface area contributed by atoms with Crippen LogP contribution in [0.4, 0.5) is 0 Å². The molecule has 0 aliphatic carbocycles. The van der Waals surface area contributed by atoms with Gasteiger partial charge in [0.2, 0.25) is 0 Å². The normalized spacial score (nSPS) is 10.9. The molecule has 0 bridgehead atoms. The maximum Gasteiger partial charge on any atom is 0.294 e. The van der Waals surface area contributed by atoms with Crippen LogP contribution < -0.4 is 0 Å². The Morgan fingerprint density at radius 3 is 2.19 bits per heavy atom. The Morgan fingerprint density at radius 2 is 1.73 bits per heavy atom. The molecular formula is C18H18ClNO3S3. The van der Waals surface area contributed by atoms with E-state index < -0.39 is 10.1 Å². The van der Waals surface area contributed by atoms with Gasteiger partial charge in [-0.05, 0) is 42.5 Å². The number of hydrogen-bond donors (Lipinski definition) is 1. The van der Waals surface area contributed by atoms with Crippen molar-refractivity contribution < 1.29 is 13.0 Å². The summed E-state index contributed by atoms with van der Waals surface area (Å²) >= 11 is 9.15. The van der Waals surface area contributed by atoms with Crippen molar-refractivity contribution in [3.63, 3.8) is 0 Å². The fraction of sp³-hybridized carbons (Fsp3) is 0.167. The highest BCUT2D eigenvalue weighted by atomic mass is 35.5. The Labute approximate surface area is 167 Å². The standard InChI is InChI=1S/C10H8ClNS2.C8H10O3S/c1-13-10-12-9(6-14-10)7-2-4-8(11)5-3-7;1-2-7-3-5-8(6-4-7)12(9,10)11/h2-6H,1H3;3-6H,2H2,1H3,(H,9,10,11). The largest absolute Gasteiger partial charge is 0.294 e. The van der Waals surface area contributed by atoms with Crippen molar-refractivity contribution in [2.24, 2.45) is 0 Å². The highest BCUT2D eigenvalue weighted by Crippen LogP contribution is 2.27. The summed E-state index contributed by atoms with van der Waals surface area (Å²) in [6.45, 7) is 1.97. The molecule has 0 aliphatic heterocycles. The van der Waals surface area contributed by atoms with Crippen LogP contribution in [0.3, 0.4) is 0 Å². The number of halogens is 1. The van der Waals surface area contributed by atoms with E-state index in [1.54, 1.807) is 35.2 Å². The first-order chi connectivity index (χ1) is 12.3. The Hall–Kier alpha value is -1.38. The van der Waals surface area contributed by atoms with Crippen LogP contribution in [0.2, 0.25) is 5.02 Å². The van der Waals surface area contributed by atoms with Crippen molar-refractivity contribution in [2.45, 2.75) is 22.6 Å². The maximum absolute atomic E-state index is 10.6. The molecule has 4 nitrogen and oxygen atoms in total. The molecular weight excluding hydrogens is 410 g/mol. The molecule has 0 radical (unpaired) electrons. The molecule has 3 rings (SSSR count). The molecule has 0 amide bonds. The molecule has 0 unspecified atom stereocenters. The van der Waals surface area contributed by atoms with Gasteiger partial charge in [-0.1, -0.05) is 54.6 Å². The number of thiazole rings is 1. The summed E-state index contributed by atoms with van der Waals surface area (Å²) in [6.07, 6.45) is 2.89. The minimum Gasteiger partial charge on any atom is -0.282 e. The van der Waals surface area contributed by atoms with Gasteiger partial charge >= 0.3 is 0 Å². The first-order valence-corrected chi connectivity index (χ1v) is 11.6. The number of hydrogen-bond acceptors (Lipinski definition) is 5. The molecule has 26 heavy (non-hydrogen) atoms. The van der Waals surface area contributed by atoms with Gasteiger partial charge in [0.15, 0.2) is 0 Å². The van der Waals surface area contributed by atoms with E-state index in [4.69, 9.17) is 16.2 Å². The average molecular weight is 428 g/mol. The molecule has 2 aromatic carbocycles. The van der Waals surface area contributed by atoms with E-state index in [1.165, 1.54) is 12.1 Å².